The molecule has 0 bridgehead atoms. The van der Waals surface area contributed by atoms with E-state index in [0.717, 1.165) is 18.2 Å². The Morgan fingerprint density at radius 2 is 2.06 bits per heavy atom. The highest BCUT2D eigenvalue weighted by Gasteiger charge is 2.34. The Kier molecular flexibility index (Phi) is 4.26. The molecule has 0 amide bonds. The van der Waals surface area contributed by atoms with Crippen LogP contribution in [-0.2, 0) is 0 Å². The first-order valence-corrected chi connectivity index (χ1v) is 7.26. The fourth-order valence-corrected chi connectivity index (χ4v) is 3.39. The summed E-state index contributed by atoms with van der Waals surface area (Å²) in [6.07, 6.45) is 8.84. The summed E-state index contributed by atoms with van der Waals surface area (Å²) in [6.45, 7) is 7.85. The number of hydrogen-bond acceptors (Lipinski definition) is 2. The predicted molar refractivity (Wildman–Crippen MR) is 77.8 cm³/mol. The van der Waals surface area contributed by atoms with Crippen LogP contribution in [0, 0.1) is 18.3 Å². The van der Waals surface area contributed by atoms with Crippen LogP contribution in [0.15, 0.2) is 18.3 Å². The molecule has 2 rings (SSSR count). The monoisotopic (exact) mass is 246 g/mol. The molecule has 2 heteroatoms. The first-order valence-electron chi connectivity index (χ1n) is 7.26. The van der Waals surface area contributed by atoms with Gasteiger partial charge < -0.3 is 5.32 Å². The van der Waals surface area contributed by atoms with Crippen LogP contribution in [0.2, 0.25) is 0 Å². The van der Waals surface area contributed by atoms with Crippen molar-refractivity contribution in [1.29, 1.82) is 0 Å². The molecule has 0 aliphatic heterocycles. The molecule has 1 fully saturated rings. The fraction of sp³-hybridized carbons (Fsp3) is 0.688. The van der Waals surface area contributed by atoms with Crippen molar-refractivity contribution in [2.75, 3.05) is 11.9 Å². The van der Waals surface area contributed by atoms with E-state index in [-0.39, 0.29) is 0 Å². The van der Waals surface area contributed by atoms with Gasteiger partial charge in [-0.3, -0.25) is 4.98 Å². The van der Waals surface area contributed by atoms with Crippen molar-refractivity contribution < 1.29 is 0 Å². The Labute approximate surface area is 111 Å². The summed E-state index contributed by atoms with van der Waals surface area (Å²) in [4.78, 5) is 4.25. The summed E-state index contributed by atoms with van der Waals surface area (Å²) in [5.74, 6) is 0.795. The molecule has 1 aliphatic carbocycles. The van der Waals surface area contributed by atoms with Crippen molar-refractivity contribution in [3.05, 3.63) is 24.0 Å². The van der Waals surface area contributed by atoms with E-state index in [0.29, 0.717) is 5.41 Å². The third kappa shape index (κ3) is 3.47. The van der Waals surface area contributed by atoms with Gasteiger partial charge in [0.1, 0.15) is 0 Å². The minimum absolute atomic E-state index is 0.533. The maximum atomic E-state index is 4.25. The minimum Gasteiger partial charge on any atom is -0.384 e. The molecule has 0 atom stereocenters. The standard InChI is InChI=1S/C16H26N2/c1-13(2)11-16(7-4-5-8-16)12-18-15-6-9-17-14(3)10-15/h6,9-10,13H,4-5,7-8,11-12H2,1-3H3,(H,17,18). The van der Waals surface area contributed by atoms with Crippen LogP contribution in [-0.4, -0.2) is 11.5 Å². The molecule has 1 heterocycles. The lowest BCUT2D eigenvalue weighted by Gasteiger charge is -2.31. The largest absolute Gasteiger partial charge is 0.384 e. The maximum absolute atomic E-state index is 4.25. The lowest BCUT2D eigenvalue weighted by Crippen LogP contribution is -2.28. The molecule has 0 aromatic carbocycles. The number of hydrogen-bond donors (Lipinski definition) is 1. The summed E-state index contributed by atoms with van der Waals surface area (Å²) in [6, 6.07) is 4.21. The smallest absolute Gasteiger partial charge is 0.0393 e. The summed E-state index contributed by atoms with van der Waals surface area (Å²) < 4.78 is 0. The van der Waals surface area contributed by atoms with Crippen molar-refractivity contribution in [2.24, 2.45) is 11.3 Å². The third-order valence-electron chi connectivity index (χ3n) is 4.07. The zero-order valence-electron chi connectivity index (χ0n) is 12.0. The molecule has 1 aromatic heterocycles. The van der Waals surface area contributed by atoms with Crippen molar-refractivity contribution in [3.63, 3.8) is 0 Å². The molecular weight excluding hydrogens is 220 g/mol. The highest BCUT2D eigenvalue weighted by atomic mass is 14.9. The Morgan fingerprint density at radius 1 is 1.33 bits per heavy atom. The molecule has 1 aromatic rings. The zero-order chi connectivity index (χ0) is 13.0. The Hall–Kier alpha value is -1.05. The van der Waals surface area contributed by atoms with Crippen molar-refractivity contribution in [2.45, 2.75) is 52.9 Å². The van der Waals surface area contributed by atoms with Gasteiger partial charge in [0.15, 0.2) is 0 Å². The predicted octanol–water partition coefficient (Wildman–Crippen LogP) is 4.41. The molecular formula is C16H26N2. The Balaban J connectivity index is 1.97. The fourth-order valence-electron chi connectivity index (χ4n) is 3.39. The molecule has 1 saturated carbocycles. The minimum atomic E-state index is 0.533. The van der Waals surface area contributed by atoms with Crippen LogP contribution >= 0.6 is 0 Å². The molecule has 2 nitrogen and oxygen atoms in total. The van der Waals surface area contributed by atoms with Crippen LogP contribution in [0.1, 0.15) is 51.6 Å². The SMILES string of the molecule is Cc1cc(NCC2(CC(C)C)CCCC2)ccn1. The van der Waals surface area contributed by atoms with E-state index >= 15 is 0 Å². The van der Waals surface area contributed by atoms with E-state index in [1.807, 2.05) is 13.1 Å². The van der Waals surface area contributed by atoms with Gasteiger partial charge in [-0.15, -0.1) is 0 Å². The van der Waals surface area contributed by atoms with Crippen molar-refractivity contribution in [3.8, 4) is 0 Å². The second-order valence-electron chi connectivity index (χ2n) is 6.34. The number of anilines is 1. The normalized spacial score (nSPS) is 18.2. The van der Waals surface area contributed by atoms with Gasteiger partial charge in [0.2, 0.25) is 0 Å². The van der Waals surface area contributed by atoms with Gasteiger partial charge in [0, 0.05) is 24.1 Å². The molecule has 0 unspecified atom stereocenters. The average molecular weight is 246 g/mol. The third-order valence-corrected chi connectivity index (χ3v) is 4.07. The van der Waals surface area contributed by atoms with Gasteiger partial charge in [-0.2, -0.15) is 0 Å². The van der Waals surface area contributed by atoms with Crippen LogP contribution in [0.25, 0.3) is 0 Å². The molecule has 100 valence electrons. The van der Waals surface area contributed by atoms with Crippen LogP contribution in [0.3, 0.4) is 0 Å². The molecule has 1 aliphatic rings. The van der Waals surface area contributed by atoms with Crippen LogP contribution in [0.5, 0.6) is 0 Å². The summed E-state index contributed by atoms with van der Waals surface area (Å²) in [5, 5.41) is 3.63. The molecule has 0 radical (unpaired) electrons. The molecule has 18 heavy (non-hydrogen) atoms. The van der Waals surface area contributed by atoms with Crippen molar-refractivity contribution >= 4 is 5.69 Å². The maximum Gasteiger partial charge on any atom is 0.0393 e. The number of nitrogens with zero attached hydrogens (tertiary/aromatic N) is 1. The average Bonchev–Trinajstić information content (AvgIpc) is 2.75. The first kappa shape index (κ1) is 13.4. The van der Waals surface area contributed by atoms with Gasteiger partial charge in [0.05, 0.1) is 0 Å². The first-order chi connectivity index (χ1) is 8.60. The summed E-state index contributed by atoms with van der Waals surface area (Å²) in [5.41, 5.74) is 2.84. The lowest BCUT2D eigenvalue weighted by atomic mass is 9.78. The Morgan fingerprint density at radius 3 is 2.67 bits per heavy atom. The van der Waals surface area contributed by atoms with Gasteiger partial charge in [-0.05, 0) is 49.7 Å². The number of rotatable bonds is 5. The van der Waals surface area contributed by atoms with E-state index in [9.17, 15) is 0 Å². The van der Waals surface area contributed by atoms with Crippen molar-refractivity contribution in [1.82, 2.24) is 4.98 Å². The zero-order valence-corrected chi connectivity index (χ0v) is 12.0. The number of pyridine rings is 1. The lowest BCUT2D eigenvalue weighted by molar-refractivity contribution is 0.252. The molecule has 0 saturated heterocycles. The summed E-state index contributed by atoms with van der Waals surface area (Å²) >= 11 is 0. The number of aromatic nitrogens is 1. The van der Waals surface area contributed by atoms with E-state index in [1.54, 1.807) is 0 Å². The molecule has 0 spiro atoms. The molecule has 1 N–H and O–H groups in total. The number of aryl methyl sites for hydroxylation is 1. The number of nitrogens with one attached hydrogen (secondary N) is 1. The van der Waals surface area contributed by atoms with Gasteiger partial charge >= 0.3 is 0 Å². The second-order valence-corrected chi connectivity index (χ2v) is 6.34. The Bertz CT molecular complexity index is 378. The van der Waals surface area contributed by atoms with Gasteiger partial charge in [0.25, 0.3) is 0 Å². The van der Waals surface area contributed by atoms with E-state index in [2.05, 4.69) is 36.3 Å². The van der Waals surface area contributed by atoms with Gasteiger partial charge in [-0.25, -0.2) is 0 Å². The highest BCUT2D eigenvalue weighted by molar-refractivity contribution is 5.43. The van der Waals surface area contributed by atoms with E-state index < -0.39 is 0 Å². The highest BCUT2D eigenvalue weighted by Crippen LogP contribution is 2.43. The summed E-state index contributed by atoms with van der Waals surface area (Å²) in [7, 11) is 0. The topological polar surface area (TPSA) is 24.9 Å². The van der Waals surface area contributed by atoms with Crippen LogP contribution < -0.4 is 5.32 Å². The van der Waals surface area contributed by atoms with Crippen LogP contribution in [0.4, 0.5) is 5.69 Å². The van der Waals surface area contributed by atoms with E-state index in [4.69, 9.17) is 0 Å². The van der Waals surface area contributed by atoms with Gasteiger partial charge in [-0.1, -0.05) is 26.7 Å². The quantitative estimate of drug-likeness (QED) is 0.832. The second kappa shape index (κ2) is 5.73. The van der Waals surface area contributed by atoms with E-state index in [1.165, 1.54) is 37.8 Å².